The second kappa shape index (κ2) is 4.71. The number of carbonyl (C=O) groups is 1. The highest BCUT2D eigenvalue weighted by molar-refractivity contribution is 9.10. The number of anilines is 1. The molecular weight excluding hydrogens is 284 g/mol. The quantitative estimate of drug-likeness (QED) is 0.865. The van der Waals surface area contributed by atoms with E-state index in [1.54, 1.807) is 31.2 Å². The summed E-state index contributed by atoms with van der Waals surface area (Å²) in [7, 11) is 0. The van der Waals surface area contributed by atoms with E-state index in [-0.39, 0.29) is 5.91 Å². The zero-order valence-corrected chi connectivity index (χ0v) is 11.0. The molecule has 1 amide bonds. The third-order valence-electron chi connectivity index (χ3n) is 2.26. The molecule has 0 atom stereocenters. The average molecular weight is 295 g/mol. The van der Waals surface area contributed by atoms with E-state index in [9.17, 15) is 4.79 Å². The molecule has 2 heterocycles. The zero-order chi connectivity index (χ0) is 12.4. The number of hydrogen-bond acceptors (Lipinski definition) is 3. The first-order valence-corrected chi connectivity index (χ1v) is 5.86. The molecule has 0 aromatic carbocycles. The summed E-state index contributed by atoms with van der Waals surface area (Å²) >= 11 is 3.27. The Hall–Kier alpha value is -1.62. The first-order chi connectivity index (χ1) is 8.06. The molecule has 5 heteroatoms. The molecule has 0 saturated heterocycles. The average Bonchev–Trinajstić information content (AvgIpc) is 2.69. The van der Waals surface area contributed by atoms with Crippen molar-refractivity contribution in [1.29, 1.82) is 0 Å². The Bertz CT molecular complexity index is 563. The molecule has 4 nitrogen and oxygen atoms in total. The summed E-state index contributed by atoms with van der Waals surface area (Å²) in [4.78, 5) is 16.0. The van der Waals surface area contributed by atoms with Crippen LogP contribution in [-0.2, 0) is 0 Å². The van der Waals surface area contributed by atoms with Crippen LogP contribution in [0.3, 0.4) is 0 Å². The Labute approximate surface area is 107 Å². The van der Waals surface area contributed by atoms with Crippen LogP contribution in [0, 0.1) is 13.8 Å². The number of rotatable bonds is 2. The molecule has 0 aliphatic carbocycles. The van der Waals surface area contributed by atoms with Crippen molar-refractivity contribution in [1.82, 2.24) is 4.98 Å². The van der Waals surface area contributed by atoms with Crippen LogP contribution in [0.2, 0.25) is 0 Å². The molecule has 2 aromatic rings. The molecule has 0 bridgehead atoms. The second-order valence-electron chi connectivity index (χ2n) is 3.63. The van der Waals surface area contributed by atoms with Gasteiger partial charge in [-0.15, -0.1) is 0 Å². The molecule has 0 fully saturated rings. The summed E-state index contributed by atoms with van der Waals surface area (Å²) in [6.07, 6.45) is 0. The van der Waals surface area contributed by atoms with Crippen LogP contribution in [0.5, 0.6) is 0 Å². The Kier molecular flexibility index (Phi) is 3.28. The third kappa shape index (κ3) is 2.74. The largest absolute Gasteiger partial charge is 0.456 e. The van der Waals surface area contributed by atoms with E-state index in [1.807, 2.05) is 6.92 Å². The van der Waals surface area contributed by atoms with Crippen molar-refractivity contribution in [2.24, 2.45) is 0 Å². The van der Waals surface area contributed by atoms with Gasteiger partial charge in [0.05, 0.1) is 11.4 Å². The number of furan rings is 1. The molecule has 0 spiro atoms. The van der Waals surface area contributed by atoms with Crippen molar-refractivity contribution >= 4 is 27.5 Å². The number of halogens is 1. The number of nitrogens with one attached hydrogen (secondary N) is 1. The first-order valence-electron chi connectivity index (χ1n) is 5.07. The summed E-state index contributed by atoms with van der Waals surface area (Å²) < 4.78 is 5.98. The normalized spacial score (nSPS) is 10.3. The van der Waals surface area contributed by atoms with Gasteiger partial charge in [-0.2, -0.15) is 0 Å². The first kappa shape index (κ1) is 11.9. The Morgan fingerprint density at radius 2 is 2.06 bits per heavy atom. The maximum absolute atomic E-state index is 11.8. The van der Waals surface area contributed by atoms with Gasteiger partial charge in [0.15, 0.2) is 5.76 Å². The molecular formula is C12H11BrN2O2. The fourth-order valence-corrected chi connectivity index (χ4v) is 1.80. The lowest BCUT2D eigenvalue weighted by atomic mass is 10.3. The van der Waals surface area contributed by atoms with Crippen molar-refractivity contribution in [3.8, 4) is 0 Å². The fourth-order valence-electron chi connectivity index (χ4n) is 1.40. The van der Waals surface area contributed by atoms with Crippen LogP contribution in [0.25, 0.3) is 0 Å². The molecule has 0 aliphatic rings. The zero-order valence-electron chi connectivity index (χ0n) is 9.45. The highest BCUT2D eigenvalue weighted by Gasteiger charge is 2.11. The van der Waals surface area contributed by atoms with E-state index in [2.05, 4.69) is 26.2 Å². The monoisotopic (exact) mass is 294 g/mol. The van der Waals surface area contributed by atoms with Crippen LogP contribution in [0.4, 0.5) is 5.69 Å². The number of amides is 1. The van der Waals surface area contributed by atoms with Crippen LogP contribution in [-0.4, -0.2) is 10.9 Å². The van der Waals surface area contributed by atoms with Crippen LogP contribution in [0.15, 0.2) is 33.3 Å². The second-order valence-corrected chi connectivity index (χ2v) is 4.44. The van der Waals surface area contributed by atoms with Crippen LogP contribution < -0.4 is 5.32 Å². The van der Waals surface area contributed by atoms with Crippen LogP contribution in [0.1, 0.15) is 22.0 Å². The third-order valence-corrected chi connectivity index (χ3v) is 2.71. The van der Waals surface area contributed by atoms with E-state index < -0.39 is 0 Å². The van der Waals surface area contributed by atoms with Crippen molar-refractivity contribution < 1.29 is 9.21 Å². The Morgan fingerprint density at radius 3 is 2.65 bits per heavy atom. The molecule has 0 unspecified atom stereocenters. The fraction of sp³-hybridized carbons (Fsp3) is 0.167. The lowest BCUT2D eigenvalue weighted by Crippen LogP contribution is -2.12. The topological polar surface area (TPSA) is 55.1 Å². The van der Waals surface area contributed by atoms with Gasteiger partial charge < -0.3 is 9.73 Å². The minimum absolute atomic E-state index is 0.273. The minimum Gasteiger partial charge on any atom is -0.456 e. The summed E-state index contributed by atoms with van der Waals surface area (Å²) in [6.45, 7) is 3.62. The summed E-state index contributed by atoms with van der Waals surface area (Å²) in [5, 5.41) is 2.75. The highest BCUT2D eigenvalue weighted by Crippen LogP contribution is 2.17. The molecule has 2 aromatic heterocycles. The molecule has 2 rings (SSSR count). The number of pyridine rings is 1. The summed E-state index contributed by atoms with van der Waals surface area (Å²) in [6, 6.07) is 6.96. The van der Waals surface area contributed by atoms with Gasteiger partial charge >= 0.3 is 0 Å². The molecule has 1 N–H and O–H groups in total. The number of aromatic nitrogens is 1. The molecule has 0 saturated carbocycles. The van der Waals surface area contributed by atoms with Gasteiger partial charge in [0.25, 0.3) is 5.91 Å². The van der Waals surface area contributed by atoms with Gasteiger partial charge in [0.1, 0.15) is 10.4 Å². The summed E-state index contributed by atoms with van der Waals surface area (Å²) in [5.74, 6) is 0.732. The van der Waals surface area contributed by atoms with E-state index in [4.69, 9.17) is 4.42 Å². The predicted molar refractivity (Wildman–Crippen MR) is 68.1 cm³/mol. The molecule has 0 radical (unpaired) electrons. The molecule has 88 valence electrons. The van der Waals surface area contributed by atoms with Gasteiger partial charge in [-0.05, 0) is 54.0 Å². The van der Waals surface area contributed by atoms with Crippen molar-refractivity contribution in [2.45, 2.75) is 13.8 Å². The van der Waals surface area contributed by atoms with E-state index in [0.717, 1.165) is 10.3 Å². The Balaban J connectivity index is 2.18. The number of nitrogens with zero attached hydrogens (tertiary/aromatic N) is 1. The number of carbonyl (C=O) groups excluding carboxylic acids is 1. The maximum atomic E-state index is 11.8. The van der Waals surface area contributed by atoms with Crippen molar-refractivity contribution in [3.05, 3.63) is 46.1 Å². The molecule has 0 aliphatic heterocycles. The Morgan fingerprint density at radius 1 is 1.29 bits per heavy atom. The van der Waals surface area contributed by atoms with Gasteiger partial charge in [0, 0.05) is 0 Å². The number of hydrogen-bond donors (Lipinski definition) is 1. The van der Waals surface area contributed by atoms with Gasteiger partial charge in [0.2, 0.25) is 0 Å². The molecule has 17 heavy (non-hydrogen) atoms. The lowest BCUT2D eigenvalue weighted by Gasteiger charge is -2.06. The van der Waals surface area contributed by atoms with Gasteiger partial charge in [-0.25, -0.2) is 4.98 Å². The SMILES string of the molecule is Cc1ccc(C(=O)Nc2ccc(Br)nc2C)o1. The lowest BCUT2D eigenvalue weighted by molar-refractivity contribution is 0.0995. The highest BCUT2D eigenvalue weighted by atomic mass is 79.9. The van der Waals surface area contributed by atoms with Crippen molar-refractivity contribution in [2.75, 3.05) is 5.32 Å². The minimum atomic E-state index is -0.273. The smallest absolute Gasteiger partial charge is 0.291 e. The predicted octanol–water partition coefficient (Wildman–Crippen LogP) is 3.31. The summed E-state index contributed by atoms with van der Waals surface area (Å²) in [5.41, 5.74) is 1.42. The van der Waals surface area contributed by atoms with E-state index in [0.29, 0.717) is 17.2 Å². The van der Waals surface area contributed by atoms with Crippen LogP contribution >= 0.6 is 15.9 Å². The van der Waals surface area contributed by atoms with Crippen molar-refractivity contribution in [3.63, 3.8) is 0 Å². The number of aryl methyl sites for hydroxylation is 2. The maximum Gasteiger partial charge on any atom is 0.291 e. The van der Waals surface area contributed by atoms with Gasteiger partial charge in [-0.1, -0.05) is 0 Å². The van der Waals surface area contributed by atoms with Gasteiger partial charge in [-0.3, -0.25) is 4.79 Å². The standard InChI is InChI=1S/C12H11BrN2O2/c1-7-3-5-10(17-7)12(16)15-9-4-6-11(13)14-8(9)2/h3-6H,1-2H3,(H,15,16). The van der Waals surface area contributed by atoms with E-state index >= 15 is 0 Å². The van der Waals surface area contributed by atoms with E-state index in [1.165, 1.54) is 0 Å².